The molecule has 0 spiro atoms. The Labute approximate surface area is 62.3 Å². The Balaban J connectivity index is 3.09. The van der Waals surface area contributed by atoms with Gasteiger partial charge in [-0.05, 0) is 12.8 Å². The molecular formula is C6H15NOS. The molecule has 0 aliphatic heterocycles. The van der Waals surface area contributed by atoms with E-state index in [1.54, 1.807) is 0 Å². The normalized spacial score (nSPS) is 10.7. The highest BCUT2D eigenvalue weighted by Gasteiger charge is 1.99. The molecule has 0 unspecified atom stereocenters. The maximum atomic E-state index is 4.89. The van der Waals surface area contributed by atoms with Gasteiger partial charge in [0.1, 0.15) is 5.94 Å². The summed E-state index contributed by atoms with van der Waals surface area (Å²) in [6, 6.07) is 0.483. The van der Waals surface area contributed by atoms with Crippen molar-refractivity contribution in [3.63, 3.8) is 0 Å². The molecule has 0 bridgehead atoms. The van der Waals surface area contributed by atoms with E-state index >= 15 is 0 Å². The second-order valence-electron chi connectivity index (χ2n) is 1.90. The first kappa shape index (κ1) is 9.27. The zero-order valence-electron chi connectivity index (χ0n) is 6.05. The first-order valence-corrected chi connectivity index (χ1v) is 3.96. The lowest BCUT2D eigenvalue weighted by atomic mass is 10.2. The topological polar surface area (TPSA) is 21.3 Å². The van der Waals surface area contributed by atoms with Gasteiger partial charge in [-0.15, -0.1) is 12.6 Å². The second-order valence-corrected chi connectivity index (χ2v) is 2.16. The van der Waals surface area contributed by atoms with Crippen LogP contribution in [0.25, 0.3) is 0 Å². The third kappa shape index (κ3) is 4.75. The minimum absolute atomic E-state index is 0.441. The Morgan fingerprint density at radius 3 is 2.33 bits per heavy atom. The number of hydrogen-bond acceptors (Lipinski definition) is 3. The largest absolute Gasteiger partial charge is 0.291 e. The SMILES string of the molecule is CCC(CC)NOCS. The molecule has 2 nitrogen and oxygen atoms in total. The van der Waals surface area contributed by atoms with Crippen LogP contribution in [0.15, 0.2) is 0 Å². The summed E-state index contributed by atoms with van der Waals surface area (Å²) >= 11 is 3.89. The summed E-state index contributed by atoms with van der Waals surface area (Å²) in [4.78, 5) is 4.89. The molecule has 0 radical (unpaired) electrons. The van der Waals surface area contributed by atoms with Crippen molar-refractivity contribution in [2.75, 3.05) is 5.94 Å². The van der Waals surface area contributed by atoms with Gasteiger partial charge < -0.3 is 0 Å². The van der Waals surface area contributed by atoms with Crippen molar-refractivity contribution in [1.29, 1.82) is 0 Å². The average molecular weight is 149 g/mol. The molecule has 3 heteroatoms. The van der Waals surface area contributed by atoms with Gasteiger partial charge in [0.15, 0.2) is 0 Å². The van der Waals surface area contributed by atoms with Gasteiger partial charge in [-0.3, -0.25) is 4.84 Å². The minimum Gasteiger partial charge on any atom is -0.291 e. The molecule has 0 aromatic carbocycles. The average Bonchev–Trinajstić information content (AvgIpc) is 1.91. The highest BCUT2D eigenvalue weighted by Crippen LogP contribution is 1.95. The van der Waals surface area contributed by atoms with E-state index in [0.717, 1.165) is 12.8 Å². The van der Waals surface area contributed by atoms with Crippen LogP contribution in [-0.4, -0.2) is 12.0 Å². The van der Waals surface area contributed by atoms with Crippen LogP contribution in [0.3, 0.4) is 0 Å². The Bertz CT molecular complexity index is 57.0. The molecule has 0 aromatic heterocycles. The van der Waals surface area contributed by atoms with E-state index in [1.165, 1.54) is 0 Å². The molecule has 0 aliphatic carbocycles. The van der Waals surface area contributed by atoms with Crippen LogP contribution in [-0.2, 0) is 4.84 Å². The Kier molecular flexibility index (Phi) is 6.58. The lowest BCUT2D eigenvalue weighted by Gasteiger charge is -2.12. The molecule has 0 fully saturated rings. The van der Waals surface area contributed by atoms with Gasteiger partial charge in [0, 0.05) is 6.04 Å². The fourth-order valence-corrected chi connectivity index (χ4v) is 0.685. The van der Waals surface area contributed by atoms with Crippen molar-refractivity contribution in [3.8, 4) is 0 Å². The summed E-state index contributed by atoms with van der Waals surface area (Å²) in [5.74, 6) is 0.441. The van der Waals surface area contributed by atoms with Gasteiger partial charge in [-0.1, -0.05) is 13.8 Å². The first-order chi connectivity index (χ1) is 4.35. The van der Waals surface area contributed by atoms with Gasteiger partial charge in [-0.2, -0.15) is 5.48 Å². The van der Waals surface area contributed by atoms with Crippen LogP contribution in [0.1, 0.15) is 26.7 Å². The lowest BCUT2D eigenvalue weighted by molar-refractivity contribution is 0.0478. The van der Waals surface area contributed by atoms with E-state index in [9.17, 15) is 0 Å². The summed E-state index contributed by atoms with van der Waals surface area (Å²) < 4.78 is 0. The number of rotatable bonds is 5. The summed E-state index contributed by atoms with van der Waals surface area (Å²) in [6.45, 7) is 4.26. The number of thiol groups is 1. The molecule has 0 amide bonds. The zero-order chi connectivity index (χ0) is 7.11. The second kappa shape index (κ2) is 6.39. The zero-order valence-corrected chi connectivity index (χ0v) is 6.95. The Morgan fingerprint density at radius 1 is 1.44 bits per heavy atom. The van der Waals surface area contributed by atoms with Crippen LogP contribution in [0.2, 0.25) is 0 Å². The van der Waals surface area contributed by atoms with Crippen LogP contribution < -0.4 is 5.48 Å². The Hall–Kier alpha value is 0.270. The fraction of sp³-hybridized carbons (Fsp3) is 1.00. The van der Waals surface area contributed by atoms with Crippen LogP contribution in [0, 0.1) is 0 Å². The van der Waals surface area contributed by atoms with E-state index in [4.69, 9.17) is 4.84 Å². The maximum absolute atomic E-state index is 4.89. The first-order valence-electron chi connectivity index (χ1n) is 3.33. The highest BCUT2D eigenvalue weighted by molar-refractivity contribution is 7.80. The van der Waals surface area contributed by atoms with Gasteiger partial charge in [0.25, 0.3) is 0 Å². The quantitative estimate of drug-likeness (QED) is 0.352. The van der Waals surface area contributed by atoms with Gasteiger partial charge >= 0.3 is 0 Å². The third-order valence-electron chi connectivity index (χ3n) is 1.30. The molecular weight excluding hydrogens is 134 g/mol. The van der Waals surface area contributed by atoms with E-state index in [-0.39, 0.29) is 0 Å². The van der Waals surface area contributed by atoms with E-state index < -0.39 is 0 Å². The van der Waals surface area contributed by atoms with E-state index in [1.807, 2.05) is 0 Å². The molecule has 56 valence electrons. The summed E-state index contributed by atoms with van der Waals surface area (Å²) in [5.41, 5.74) is 2.89. The number of hydroxylamine groups is 1. The molecule has 0 saturated heterocycles. The van der Waals surface area contributed by atoms with Gasteiger partial charge in [0.05, 0.1) is 0 Å². The standard InChI is InChI=1S/C6H15NOS/c1-3-6(4-2)7-8-5-9/h6-7,9H,3-5H2,1-2H3. The monoisotopic (exact) mass is 149 g/mol. The Morgan fingerprint density at radius 2 is 2.00 bits per heavy atom. The lowest BCUT2D eigenvalue weighted by Crippen LogP contribution is -2.27. The smallest absolute Gasteiger partial charge is 0.111 e. The van der Waals surface area contributed by atoms with Crippen LogP contribution >= 0.6 is 12.6 Å². The van der Waals surface area contributed by atoms with Crippen molar-refractivity contribution in [2.45, 2.75) is 32.7 Å². The van der Waals surface area contributed by atoms with E-state index in [0.29, 0.717) is 12.0 Å². The molecule has 0 atom stereocenters. The molecule has 0 saturated carbocycles. The fourth-order valence-electron chi connectivity index (χ4n) is 0.610. The van der Waals surface area contributed by atoms with Gasteiger partial charge in [0.2, 0.25) is 0 Å². The summed E-state index contributed by atoms with van der Waals surface area (Å²) in [6.07, 6.45) is 2.20. The van der Waals surface area contributed by atoms with Crippen molar-refractivity contribution in [3.05, 3.63) is 0 Å². The molecule has 0 aromatic rings. The maximum Gasteiger partial charge on any atom is 0.111 e. The molecule has 1 N–H and O–H groups in total. The highest BCUT2D eigenvalue weighted by atomic mass is 32.1. The van der Waals surface area contributed by atoms with Crippen molar-refractivity contribution in [1.82, 2.24) is 5.48 Å². The molecule has 0 rings (SSSR count). The van der Waals surface area contributed by atoms with Crippen LogP contribution in [0.4, 0.5) is 0 Å². The third-order valence-corrected chi connectivity index (χ3v) is 1.43. The summed E-state index contributed by atoms with van der Waals surface area (Å²) in [5, 5.41) is 0. The van der Waals surface area contributed by atoms with Gasteiger partial charge in [-0.25, -0.2) is 0 Å². The predicted octanol–water partition coefficient (Wildman–Crippen LogP) is 1.58. The summed E-state index contributed by atoms with van der Waals surface area (Å²) in [7, 11) is 0. The number of nitrogens with one attached hydrogen (secondary N) is 1. The molecule has 0 heterocycles. The minimum atomic E-state index is 0.441. The van der Waals surface area contributed by atoms with Crippen molar-refractivity contribution in [2.24, 2.45) is 0 Å². The predicted molar refractivity (Wildman–Crippen MR) is 42.4 cm³/mol. The van der Waals surface area contributed by atoms with Crippen LogP contribution in [0.5, 0.6) is 0 Å². The van der Waals surface area contributed by atoms with E-state index in [2.05, 4.69) is 32.0 Å². The molecule has 9 heavy (non-hydrogen) atoms. The number of hydrogen-bond donors (Lipinski definition) is 2. The van der Waals surface area contributed by atoms with Crippen molar-refractivity contribution >= 4 is 12.6 Å². The van der Waals surface area contributed by atoms with Crippen molar-refractivity contribution < 1.29 is 4.84 Å². The molecule has 0 aliphatic rings.